The Kier molecular flexibility index (Phi) is 3.88. The molecule has 3 rings (SSSR count). The third-order valence-electron chi connectivity index (χ3n) is 5.17. The molecule has 18 heavy (non-hydrogen) atoms. The van der Waals surface area contributed by atoms with Crippen molar-refractivity contribution in [3.05, 3.63) is 0 Å². The molecule has 2 saturated heterocycles. The topological polar surface area (TPSA) is 32.3 Å². The second kappa shape index (κ2) is 5.60. The standard InChI is InChI=1S/C15H26N2O/c18-15(13-6-3-9-16-11-13)17-10-4-7-12-5-1-2-8-14(12)17/h12-14,16H,1-11H2/t12?,13-,14?/m0/s1. The van der Waals surface area contributed by atoms with Gasteiger partial charge in [-0.2, -0.15) is 0 Å². The van der Waals surface area contributed by atoms with Crippen molar-refractivity contribution in [3.8, 4) is 0 Å². The maximum absolute atomic E-state index is 12.7. The van der Waals surface area contributed by atoms with Gasteiger partial charge in [-0.25, -0.2) is 0 Å². The fourth-order valence-electron chi connectivity index (χ4n) is 4.20. The highest BCUT2D eigenvalue weighted by atomic mass is 16.2. The van der Waals surface area contributed by atoms with E-state index in [2.05, 4.69) is 10.2 Å². The number of carbonyl (C=O) groups is 1. The second-order valence-electron chi connectivity index (χ2n) is 6.33. The molecular formula is C15H26N2O. The number of piperidine rings is 2. The Morgan fingerprint density at radius 1 is 1.00 bits per heavy atom. The van der Waals surface area contributed by atoms with Gasteiger partial charge in [0.05, 0.1) is 5.92 Å². The quantitative estimate of drug-likeness (QED) is 0.773. The summed E-state index contributed by atoms with van der Waals surface area (Å²) >= 11 is 0. The molecule has 0 aromatic carbocycles. The lowest BCUT2D eigenvalue weighted by Crippen LogP contribution is -2.53. The molecule has 2 heterocycles. The van der Waals surface area contributed by atoms with Crippen LogP contribution in [0.15, 0.2) is 0 Å². The largest absolute Gasteiger partial charge is 0.339 e. The first kappa shape index (κ1) is 12.5. The highest BCUT2D eigenvalue weighted by Gasteiger charge is 2.37. The van der Waals surface area contributed by atoms with Crippen molar-refractivity contribution in [1.82, 2.24) is 10.2 Å². The van der Waals surface area contributed by atoms with Crippen molar-refractivity contribution in [1.29, 1.82) is 0 Å². The van der Waals surface area contributed by atoms with Crippen molar-refractivity contribution in [2.24, 2.45) is 11.8 Å². The minimum atomic E-state index is 0.263. The smallest absolute Gasteiger partial charge is 0.227 e. The molecule has 1 aliphatic carbocycles. The van der Waals surface area contributed by atoms with Gasteiger partial charge in [-0.15, -0.1) is 0 Å². The molecule has 3 heteroatoms. The molecule has 0 bridgehead atoms. The van der Waals surface area contributed by atoms with E-state index in [9.17, 15) is 4.79 Å². The van der Waals surface area contributed by atoms with E-state index in [1.807, 2.05) is 0 Å². The molecule has 1 amide bonds. The number of amides is 1. The van der Waals surface area contributed by atoms with Crippen molar-refractivity contribution < 1.29 is 4.79 Å². The summed E-state index contributed by atoms with van der Waals surface area (Å²) in [6, 6.07) is 0.585. The number of nitrogens with one attached hydrogen (secondary N) is 1. The molecule has 3 aliphatic rings. The zero-order valence-electron chi connectivity index (χ0n) is 11.4. The van der Waals surface area contributed by atoms with Gasteiger partial charge in [-0.3, -0.25) is 4.79 Å². The van der Waals surface area contributed by atoms with Crippen molar-refractivity contribution in [2.45, 2.75) is 57.4 Å². The van der Waals surface area contributed by atoms with Gasteiger partial charge in [0.15, 0.2) is 0 Å². The minimum absolute atomic E-state index is 0.263. The van der Waals surface area contributed by atoms with Gasteiger partial charge in [0, 0.05) is 19.1 Å². The van der Waals surface area contributed by atoms with E-state index in [1.165, 1.54) is 44.9 Å². The number of fused-ring (bicyclic) bond motifs is 1. The Bertz CT molecular complexity index is 297. The van der Waals surface area contributed by atoms with E-state index in [-0.39, 0.29) is 5.92 Å². The Hall–Kier alpha value is -0.570. The summed E-state index contributed by atoms with van der Waals surface area (Å²) in [6.07, 6.45) is 10.2. The average Bonchev–Trinajstić information content (AvgIpc) is 2.47. The number of likely N-dealkylation sites (tertiary alicyclic amines) is 1. The highest BCUT2D eigenvalue weighted by Crippen LogP contribution is 2.36. The first-order valence-electron chi connectivity index (χ1n) is 7.87. The summed E-state index contributed by atoms with van der Waals surface area (Å²) in [6.45, 7) is 3.03. The normalized spacial score (nSPS) is 37.1. The van der Waals surface area contributed by atoms with Crippen LogP contribution in [0.4, 0.5) is 0 Å². The van der Waals surface area contributed by atoms with E-state index in [0.717, 1.165) is 32.0 Å². The number of carbonyl (C=O) groups excluding carboxylic acids is 1. The number of rotatable bonds is 1. The average molecular weight is 250 g/mol. The molecule has 0 radical (unpaired) electrons. The van der Waals surface area contributed by atoms with E-state index < -0.39 is 0 Å². The van der Waals surface area contributed by atoms with Gasteiger partial charge < -0.3 is 10.2 Å². The fraction of sp³-hybridized carbons (Fsp3) is 0.933. The van der Waals surface area contributed by atoms with Crippen LogP contribution in [0.2, 0.25) is 0 Å². The lowest BCUT2D eigenvalue weighted by Gasteiger charge is -2.45. The number of hydrogen-bond donors (Lipinski definition) is 1. The van der Waals surface area contributed by atoms with Crippen LogP contribution in [-0.2, 0) is 4.79 Å². The van der Waals surface area contributed by atoms with Gasteiger partial charge in [0.1, 0.15) is 0 Å². The molecular weight excluding hydrogens is 224 g/mol. The Labute approximate surface area is 110 Å². The molecule has 102 valence electrons. The fourth-order valence-corrected chi connectivity index (χ4v) is 4.20. The van der Waals surface area contributed by atoms with Crippen LogP contribution < -0.4 is 5.32 Å². The third-order valence-corrected chi connectivity index (χ3v) is 5.17. The number of nitrogens with zero attached hydrogens (tertiary/aromatic N) is 1. The van der Waals surface area contributed by atoms with E-state index in [0.29, 0.717) is 11.9 Å². The number of hydrogen-bond acceptors (Lipinski definition) is 2. The summed E-state index contributed by atoms with van der Waals surface area (Å²) in [5.41, 5.74) is 0. The van der Waals surface area contributed by atoms with Gasteiger partial charge in [0.2, 0.25) is 5.91 Å². The van der Waals surface area contributed by atoms with Crippen LogP contribution in [0.5, 0.6) is 0 Å². The van der Waals surface area contributed by atoms with Crippen LogP contribution in [0.1, 0.15) is 51.4 Å². The summed E-state index contributed by atoms with van der Waals surface area (Å²) in [5, 5.41) is 3.38. The van der Waals surface area contributed by atoms with Gasteiger partial charge in [-0.1, -0.05) is 12.8 Å². The van der Waals surface area contributed by atoms with Crippen LogP contribution >= 0.6 is 0 Å². The molecule has 1 N–H and O–H groups in total. The third kappa shape index (κ3) is 2.42. The van der Waals surface area contributed by atoms with Crippen LogP contribution in [0.3, 0.4) is 0 Å². The maximum atomic E-state index is 12.7. The molecule has 2 unspecified atom stereocenters. The Balaban J connectivity index is 1.67. The zero-order chi connectivity index (χ0) is 12.4. The van der Waals surface area contributed by atoms with Crippen molar-refractivity contribution in [3.63, 3.8) is 0 Å². The SMILES string of the molecule is O=C([C@H]1CCCNC1)N1CCCC2CCCCC21. The van der Waals surface area contributed by atoms with Crippen LogP contribution in [-0.4, -0.2) is 36.5 Å². The second-order valence-corrected chi connectivity index (χ2v) is 6.33. The lowest BCUT2D eigenvalue weighted by molar-refractivity contribution is -0.142. The van der Waals surface area contributed by atoms with Crippen molar-refractivity contribution in [2.75, 3.05) is 19.6 Å². The first-order chi connectivity index (χ1) is 8.86. The Morgan fingerprint density at radius 2 is 1.83 bits per heavy atom. The minimum Gasteiger partial charge on any atom is -0.339 e. The predicted molar refractivity (Wildman–Crippen MR) is 72.3 cm³/mol. The van der Waals surface area contributed by atoms with Gasteiger partial charge in [0.25, 0.3) is 0 Å². The summed E-state index contributed by atoms with van der Waals surface area (Å²) in [7, 11) is 0. The van der Waals surface area contributed by atoms with E-state index in [4.69, 9.17) is 0 Å². The zero-order valence-corrected chi connectivity index (χ0v) is 11.4. The van der Waals surface area contributed by atoms with E-state index >= 15 is 0 Å². The molecule has 0 aromatic heterocycles. The molecule has 0 aromatic rings. The molecule has 2 aliphatic heterocycles. The predicted octanol–water partition coefficient (Wildman–Crippen LogP) is 2.17. The van der Waals surface area contributed by atoms with Crippen molar-refractivity contribution >= 4 is 5.91 Å². The molecule has 1 saturated carbocycles. The van der Waals surface area contributed by atoms with Gasteiger partial charge >= 0.3 is 0 Å². The summed E-state index contributed by atoms with van der Waals surface area (Å²) in [5.74, 6) is 1.53. The molecule has 3 nitrogen and oxygen atoms in total. The highest BCUT2D eigenvalue weighted by molar-refractivity contribution is 5.79. The lowest BCUT2D eigenvalue weighted by atomic mass is 9.77. The summed E-state index contributed by atoms with van der Waals surface area (Å²) in [4.78, 5) is 15.0. The molecule has 3 fully saturated rings. The van der Waals surface area contributed by atoms with E-state index in [1.54, 1.807) is 0 Å². The van der Waals surface area contributed by atoms with Crippen LogP contribution in [0, 0.1) is 11.8 Å². The van der Waals surface area contributed by atoms with Gasteiger partial charge in [-0.05, 0) is 51.0 Å². The summed E-state index contributed by atoms with van der Waals surface area (Å²) < 4.78 is 0. The maximum Gasteiger partial charge on any atom is 0.227 e. The monoisotopic (exact) mass is 250 g/mol. The Morgan fingerprint density at radius 3 is 2.67 bits per heavy atom. The molecule has 0 spiro atoms. The first-order valence-corrected chi connectivity index (χ1v) is 7.87. The van der Waals surface area contributed by atoms with Crippen LogP contribution in [0.25, 0.3) is 0 Å². The molecule has 3 atom stereocenters.